The fourth-order valence-corrected chi connectivity index (χ4v) is 3.45. The third-order valence-electron chi connectivity index (χ3n) is 5.96. The Bertz CT molecular complexity index is 1330. The van der Waals surface area contributed by atoms with Crippen LogP contribution >= 0.6 is 0 Å². The average Bonchev–Trinajstić information content (AvgIpc) is 2.97. The monoisotopic (exact) mass is 650 g/mol. The van der Waals surface area contributed by atoms with Crippen LogP contribution in [0.3, 0.4) is 0 Å². The number of hydrogen-bond donors (Lipinski definition) is 5. The van der Waals surface area contributed by atoms with Crippen LogP contribution < -0.4 is 26.4 Å². The second kappa shape index (κ2) is 16.4. The molecule has 11 nitrogen and oxygen atoms in total. The highest BCUT2D eigenvalue weighted by molar-refractivity contribution is 5.99. The van der Waals surface area contributed by atoms with E-state index in [1.165, 1.54) is 52.1 Å². The summed E-state index contributed by atoms with van der Waals surface area (Å²) < 4.78 is 76.1. The molecule has 0 bridgehead atoms. The maximum absolute atomic E-state index is 13.1. The number of carbonyl (C=O) groups excluding carboxylic acids is 4. The zero-order chi connectivity index (χ0) is 34.7. The first kappa shape index (κ1) is 38.4. The molecule has 0 spiro atoms. The molecule has 0 aromatic heterocycles. The van der Waals surface area contributed by atoms with Gasteiger partial charge in [0.2, 0.25) is 11.8 Å². The number of alkyl halides is 6. The molecule has 0 aliphatic carbocycles. The van der Waals surface area contributed by atoms with E-state index < -0.39 is 65.9 Å². The molecule has 6 N–H and O–H groups in total. The molecule has 3 amide bonds. The van der Waals surface area contributed by atoms with Gasteiger partial charge < -0.3 is 31.5 Å². The van der Waals surface area contributed by atoms with Crippen molar-refractivity contribution in [3.8, 4) is 5.75 Å². The minimum Gasteiger partial charge on any atom is -0.497 e. The van der Waals surface area contributed by atoms with Crippen molar-refractivity contribution in [2.45, 2.75) is 57.8 Å². The summed E-state index contributed by atoms with van der Waals surface area (Å²) in [5, 5.41) is 14.2. The lowest BCUT2D eigenvalue weighted by atomic mass is 9.97. The fraction of sp³-hybridized carbons (Fsp3) is 0.393. The van der Waals surface area contributed by atoms with Crippen LogP contribution in [0.5, 0.6) is 5.75 Å². The molecule has 0 radical (unpaired) electrons. The number of carboxylic acids is 1. The van der Waals surface area contributed by atoms with E-state index in [1.807, 2.05) is 0 Å². The number of rotatable bonds is 11. The fourth-order valence-electron chi connectivity index (χ4n) is 3.45. The molecule has 17 heteroatoms. The van der Waals surface area contributed by atoms with Gasteiger partial charge in [0.1, 0.15) is 17.8 Å². The Hall–Kier alpha value is -4.67. The largest absolute Gasteiger partial charge is 0.497 e. The average molecular weight is 651 g/mol. The Balaban J connectivity index is 0.00000129. The van der Waals surface area contributed by atoms with Gasteiger partial charge in [0.25, 0.3) is 11.7 Å². The van der Waals surface area contributed by atoms with Gasteiger partial charge in [-0.15, -0.1) is 0 Å². The van der Waals surface area contributed by atoms with E-state index in [9.17, 15) is 45.5 Å². The summed E-state index contributed by atoms with van der Waals surface area (Å²) in [6.07, 6.45) is -10.2. The predicted molar refractivity (Wildman–Crippen MR) is 147 cm³/mol. The number of amides is 3. The van der Waals surface area contributed by atoms with Crippen molar-refractivity contribution >= 4 is 29.5 Å². The summed E-state index contributed by atoms with van der Waals surface area (Å²) in [6, 6.07) is 7.84. The number of halogens is 6. The number of carbonyl (C=O) groups is 5. The van der Waals surface area contributed by atoms with Gasteiger partial charge in [-0.2, -0.15) is 26.3 Å². The molecular formula is C28H32F6N4O7. The Morgan fingerprint density at radius 1 is 0.800 bits per heavy atom. The van der Waals surface area contributed by atoms with E-state index in [-0.39, 0.29) is 11.1 Å². The predicted octanol–water partition coefficient (Wildman–Crippen LogP) is 3.04. The number of benzene rings is 2. The minimum absolute atomic E-state index is 0.217. The van der Waals surface area contributed by atoms with Gasteiger partial charge in [0, 0.05) is 12.1 Å². The maximum atomic E-state index is 13.1. The van der Waals surface area contributed by atoms with Crippen LogP contribution in [-0.4, -0.2) is 66.1 Å². The van der Waals surface area contributed by atoms with Crippen LogP contribution in [0, 0.1) is 5.92 Å². The summed E-state index contributed by atoms with van der Waals surface area (Å²) in [5.74, 6) is -7.68. The second-order valence-electron chi connectivity index (χ2n) is 9.71. The molecule has 0 aliphatic rings. The topological polar surface area (TPSA) is 177 Å². The molecule has 2 aromatic carbocycles. The lowest BCUT2D eigenvalue weighted by Gasteiger charge is -2.26. The van der Waals surface area contributed by atoms with E-state index in [2.05, 4.69) is 16.0 Å². The van der Waals surface area contributed by atoms with E-state index in [0.29, 0.717) is 12.3 Å². The molecule has 0 aliphatic heterocycles. The van der Waals surface area contributed by atoms with Crippen molar-refractivity contribution in [2.75, 3.05) is 7.11 Å². The van der Waals surface area contributed by atoms with Crippen molar-refractivity contribution in [1.82, 2.24) is 16.0 Å². The van der Waals surface area contributed by atoms with Crippen LogP contribution in [-0.2, 0) is 25.7 Å². The third kappa shape index (κ3) is 12.1. The lowest BCUT2D eigenvalue weighted by Crippen LogP contribution is -2.54. The Morgan fingerprint density at radius 3 is 1.71 bits per heavy atom. The number of methoxy groups -OCH3 is 1. The SMILES string of the molecule is COc1ccc(C(NC(=O)C(C)NC(=O)c2ccc(CN)cc2)C(=O)NC(C(=O)C(F)(F)F)C(C)C)cc1.O=C(O)C(F)(F)F. The van der Waals surface area contributed by atoms with Crippen LogP contribution in [0.2, 0.25) is 0 Å². The first-order chi connectivity index (χ1) is 20.7. The number of ketones is 1. The van der Waals surface area contributed by atoms with Crippen molar-refractivity contribution in [1.29, 1.82) is 0 Å². The molecule has 0 heterocycles. The summed E-state index contributed by atoms with van der Waals surface area (Å²) in [7, 11) is 1.42. The summed E-state index contributed by atoms with van der Waals surface area (Å²) in [4.78, 5) is 59.4. The van der Waals surface area contributed by atoms with Gasteiger partial charge in [-0.05, 0) is 48.2 Å². The number of carboxylic acid groups (broad SMARTS) is 1. The first-order valence-corrected chi connectivity index (χ1v) is 13.0. The lowest BCUT2D eigenvalue weighted by molar-refractivity contribution is -0.192. The molecule has 2 rings (SSSR count). The standard InChI is InChI=1S/C26H31F3N4O5.C2HF3O2/c1-14(2)20(22(34)26(27,28)29)32-25(37)21(17-9-11-19(38-4)12-10-17)33-23(35)15(3)31-24(36)18-7-5-16(13-30)6-8-18;3-2(4,5)1(6)7/h5-12,14-15,20-21H,13,30H2,1-4H3,(H,31,36)(H,32,37)(H,33,35);(H,6,7). The van der Waals surface area contributed by atoms with Crippen LogP contribution in [0.15, 0.2) is 48.5 Å². The van der Waals surface area contributed by atoms with Gasteiger partial charge in [-0.3, -0.25) is 19.2 Å². The maximum Gasteiger partial charge on any atom is 0.490 e. The molecule has 45 heavy (non-hydrogen) atoms. The molecule has 2 aromatic rings. The summed E-state index contributed by atoms with van der Waals surface area (Å²) >= 11 is 0. The van der Waals surface area contributed by atoms with Crippen LogP contribution in [0.1, 0.15) is 48.3 Å². The number of ether oxygens (including phenoxy) is 1. The smallest absolute Gasteiger partial charge is 0.490 e. The number of hydrogen-bond acceptors (Lipinski definition) is 7. The Morgan fingerprint density at radius 2 is 1.31 bits per heavy atom. The highest BCUT2D eigenvalue weighted by Crippen LogP contribution is 2.23. The van der Waals surface area contributed by atoms with Crippen molar-refractivity contribution in [3.05, 3.63) is 65.2 Å². The van der Waals surface area contributed by atoms with E-state index in [0.717, 1.165) is 5.56 Å². The van der Waals surface area contributed by atoms with E-state index in [1.54, 1.807) is 24.3 Å². The van der Waals surface area contributed by atoms with Gasteiger partial charge in [-0.1, -0.05) is 38.1 Å². The van der Waals surface area contributed by atoms with Crippen molar-refractivity contribution < 1.29 is 60.2 Å². The Kier molecular flexibility index (Phi) is 14.0. The third-order valence-corrected chi connectivity index (χ3v) is 5.96. The van der Waals surface area contributed by atoms with Gasteiger partial charge in [0.15, 0.2) is 0 Å². The summed E-state index contributed by atoms with van der Waals surface area (Å²) in [6.45, 7) is 4.39. The van der Waals surface area contributed by atoms with E-state index in [4.69, 9.17) is 20.4 Å². The van der Waals surface area contributed by atoms with Gasteiger partial charge >= 0.3 is 18.3 Å². The number of Topliss-reactive ketones (excluding diaryl/α,β-unsaturated/α-hetero) is 1. The zero-order valence-electron chi connectivity index (χ0n) is 24.4. The molecule has 3 atom stereocenters. The quantitative estimate of drug-likeness (QED) is 0.231. The van der Waals surface area contributed by atoms with Gasteiger partial charge in [0.05, 0.1) is 13.2 Å². The molecule has 248 valence electrons. The van der Waals surface area contributed by atoms with Crippen molar-refractivity contribution in [2.24, 2.45) is 11.7 Å². The first-order valence-electron chi connectivity index (χ1n) is 13.0. The number of nitrogens with two attached hydrogens (primary N) is 1. The van der Waals surface area contributed by atoms with Crippen LogP contribution in [0.4, 0.5) is 26.3 Å². The van der Waals surface area contributed by atoms with E-state index >= 15 is 0 Å². The highest BCUT2D eigenvalue weighted by Gasteiger charge is 2.45. The Labute approximate surface area is 253 Å². The molecule has 0 fully saturated rings. The zero-order valence-corrected chi connectivity index (χ0v) is 24.4. The van der Waals surface area contributed by atoms with Crippen molar-refractivity contribution in [3.63, 3.8) is 0 Å². The number of nitrogens with one attached hydrogen (secondary N) is 3. The second-order valence-corrected chi connectivity index (χ2v) is 9.71. The van der Waals surface area contributed by atoms with Gasteiger partial charge in [-0.25, -0.2) is 4.79 Å². The summed E-state index contributed by atoms with van der Waals surface area (Å²) in [5.41, 5.74) is 6.85. The normalized spacial score (nSPS) is 13.3. The molecule has 0 saturated heterocycles. The van der Waals surface area contributed by atoms with Crippen LogP contribution in [0.25, 0.3) is 0 Å². The minimum atomic E-state index is -5.16. The molecule has 0 saturated carbocycles. The molecular weight excluding hydrogens is 618 g/mol. The highest BCUT2D eigenvalue weighted by atomic mass is 19.4. The molecule has 3 unspecified atom stereocenters. The number of aliphatic carboxylic acids is 1.